The molecule has 0 amide bonds. The number of nitrogens with one attached hydrogen (secondary N) is 2. The van der Waals surface area contributed by atoms with E-state index in [2.05, 4.69) is 67.8 Å². The molecule has 0 aliphatic heterocycles. The van der Waals surface area contributed by atoms with Crippen molar-refractivity contribution in [2.45, 2.75) is 39.2 Å². The van der Waals surface area contributed by atoms with Crippen molar-refractivity contribution >= 4 is 17.1 Å². The number of anilines is 3. The molecule has 0 aliphatic carbocycles. The quantitative estimate of drug-likeness (QED) is 0.731. The van der Waals surface area contributed by atoms with Crippen molar-refractivity contribution in [3.63, 3.8) is 0 Å². The SMILES string of the molecule is CCCC(C)(C)Nc1ccc(Nc2ccccc2)cc1. The largest absolute Gasteiger partial charge is 0.380 e. The molecule has 0 unspecified atom stereocenters. The molecular formula is C18H24N2. The fraction of sp³-hybridized carbons (Fsp3) is 0.333. The van der Waals surface area contributed by atoms with E-state index in [9.17, 15) is 0 Å². The minimum Gasteiger partial charge on any atom is -0.380 e. The second-order valence-electron chi connectivity index (χ2n) is 5.83. The van der Waals surface area contributed by atoms with Crippen molar-refractivity contribution in [2.24, 2.45) is 0 Å². The van der Waals surface area contributed by atoms with Crippen LogP contribution in [0.15, 0.2) is 54.6 Å². The first-order chi connectivity index (χ1) is 9.59. The van der Waals surface area contributed by atoms with Gasteiger partial charge in [0.25, 0.3) is 0 Å². The molecule has 106 valence electrons. The molecule has 20 heavy (non-hydrogen) atoms. The Kier molecular flexibility index (Phi) is 4.67. The van der Waals surface area contributed by atoms with E-state index in [-0.39, 0.29) is 5.54 Å². The molecule has 2 N–H and O–H groups in total. The summed E-state index contributed by atoms with van der Waals surface area (Å²) in [6.07, 6.45) is 2.35. The van der Waals surface area contributed by atoms with E-state index in [1.807, 2.05) is 18.2 Å². The highest BCUT2D eigenvalue weighted by Gasteiger charge is 2.15. The van der Waals surface area contributed by atoms with Crippen LogP contribution >= 0.6 is 0 Å². The van der Waals surface area contributed by atoms with Crippen molar-refractivity contribution in [1.82, 2.24) is 0 Å². The highest BCUT2D eigenvalue weighted by molar-refractivity contribution is 5.62. The topological polar surface area (TPSA) is 24.1 Å². The second kappa shape index (κ2) is 6.47. The smallest absolute Gasteiger partial charge is 0.0385 e. The van der Waals surface area contributed by atoms with Gasteiger partial charge in [0.15, 0.2) is 0 Å². The summed E-state index contributed by atoms with van der Waals surface area (Å²) < 4.78 is 0. The fourth-order valence-corrected chi connectivity index (χ4v) is 2.40. The highest BCUT2D eigenvalue weighted by atomic mass is 15.0. The van der Waals surface area contributed by atoms with Crippen LogP contribution in [-0.4, -0.2) is 5.54 Å². The van der Waals surface area contributed by atoms with Gasteiger partial charge in [0, 0.05) is 22.6 Å². The molecule has 0 atom stereocenters. The zero-order valence-electron chi connectivity index (χ0n) is 12.6. The van der Waals surface area contributed by atoms with Gasteiger partial charge in [0.1, 0.15) is 0 Å². The maximum Gasteiger partial charge on any atom is 0.0385 e. The van der Waals surface area contributed by atoms with E-state index in [1.54, 1.807) is 0 Å². The summed E-state index contributed by atoms with van der Waals surface area (Å²) in [5, 5.41) is 6.97. The first-order valence-corrected chi connectivity index (χ1v) is 7.29. The molecule has 0 bridgehead atoms. The van der Waals surface area contributed by atoms with E-state index in [0.717, 1.165) is 17.8 Å². The minimum atomic E-state index is 0.142. The third-order valence-corrected chi connectivity index (χ3v) is 3.31. The average molecular weight is 268 g/mol. The van der Waals surface area contributed by atoms with E-state index in [0.29, 0.717) is 0 Å². The number of hydrogen-bond donors (Lipinski definition) is 2. The molecule has 2 aromatic carbocycles. The molecule has 2 heteroatoms. The van der Waals surface area contributed by atoms with E-state index < -0.39 is 0 Å². The number of benzene rings is 2. The third-order valence-electron chi connectivity index (χ3n) is 3.31. The monoisotopic (exact) mass is 268 g/mol. The van der Waals surface area contributed by atoms with Gasteiger partial charge < -0.3 is 10.6 Å². The Morgan fingerprint density at radius 2 is 1.35 bits per heavy atom. The van der Waals surface area contributed by atoms with Gasteiger partial charge in [-0.3, -0.25) is 0 Å². The van der Waals surface area contributed by atoms with Crippen LogP contribution in [-0.2, 0) is 0 Å². The van der Waals surface area contributed by atoms with Crippen LogP contribution < -0.4 is 10.6 Å². The zero-order chi connectivity index (χ0) is 14.4. The Hall–Kier alpha value is -1.96. The second-order valence-corrected chi connectivity index (χ2v) is 5.83. The molecule has 0 aliphatic rings. The highest BCUT2D eigenvalue weighted by Crippen LogP contribution is 2.22. The lowest BCUT2D eigenvalue weighted by molar-refractivity contribution is 0.511. The molecule has 2 nitrogen and oxygen atoms in total. The van der Waals surface area contributed by atoms with Gasteiger partial charge in [-0.25, -0.2) is 0 Å². The summed E-state index contributed by atoms with van der Waals surface area (Å²) in [5.74, 6) is 0. The third kappa shape index (κ3) is 4.30. The molecule has 0 saturated heterocycles. The molecule has 0 radical (unpaired) electrons. The van der Waals surface area contributed by atoms with Crippen molar-refractivity contribution in [1.29, 1.82) is 0 Å². The number of para-hydroxylation sites is 1. The van der Waals surface area contributed by atoms with Gasteiger partial charge in [-0.1, -0.05) is 31.5 Å². The lowest BCUT2D eigenvalue weighted by Crippen LogP contribution is -2.30. The van der Waals surface area contributed by atoms with Gasteiger partial charge in [0.2, 0.25) is 0 Å². The summed E-state index contributed by atoms with van der Waals surface area (Å²) in [7, 11) is 0. The predicted octanol–water partition coefficient (Wildman–Crippen LogP) is 5.42. The first-order valence-electron chi connectivity index (χ1n) is 7.29. The van der Waals surface area contributed by atoms with Crippen LogP contribution in [0.2, 0.25) is 0 Å². The van der Waals surface area contributed by atoms with E-state index in [4.69, 9.17) is 0 Å². The van der Waals surface area contributed by atoms with Gasteiger partial charge in [-0.05, 0) is 56.7 Å². The summed E-state index contributed by atoms with van der Waals surface area (Å²) in [6, 6.07) is 18.7. The Morgan fingerprint density at radius 1 is 0.800 bits per heavy atom. The normalized spacial score (nSPS) is 11.2. The lowest BCUT2D eigenvalue weighted by Gasteiger charge is -2.27. The Morgan fingerprint density at radius 3 is 1.95 bits per heavy atom. The van der Waals surface area contributed by atoms with Gasteiger partial charge >= 0.3 is 0 Å². The fourth-order valence-electron chi connectivity index (χ4n) is 2.40. The van der Waals surface area contributed by atoms with Crippen LogP contribution in [0.4, 0.5) is 17.1 Å². The molecule has 0 heterocycles. The van der Waals surface area contributed by atoms with Crippen molar-refractivity contribution in [2.75, 3.05) is 10.6 Å². The van der Waals surface area contributed by atoms with Crippen LogP contribution in [0.3, 0.4) is 0 Å². The van der Waals surface area contributed by atoms with Crippen LogP contribution in [0.1, 0.15) is 33.6 Å². The first kappa shape index (κ1) is 14.4. The molecule has 0 saturated carbocycles. The Balaban J connectivity index is 2.00. The zero-order valence-corrected chi connectivity index (χ0v) is 12.6. The number of rotatable bonds is 6. The van der Waals surface area contributed by atoms with Crippen LogP contribution in [0, 0.1) is 0 Å². The van der Waals surface area contributed by atoms with E-state index in [1.165, 1.54) is 12.1 Å². The standard InChI is InChI=1S/C18H24N2/c1-4-14-18(2,3)20-17-12-10-16(11-13-17)19-15-8-6-5-7-9-15/h5-13,19-20H,4,14H2,1-3H3. The Bertz CT molecular complexity index is 515. The molecule has 2 aromatic rings. The lowest BCUT2D eigenvalue weighted by atomic mass is 9.98. The van der Waals surface area contributed by atoms with Gasteiger partial charge in [-0.15, -0.1) is 0 Å². The van der Waals surface area contributed by atoms with Crippen molar-refractivity contribution in [3.8, 4) is 0 Å². The molecule has 0 fully saturated rings. The van der Waals surface area contributed by atoms with Crippen molar-refractivity contribution < 1.29 is 0 Å². The minimum absolute atomic E-state index is 0.142. The van der Waals surface area contributed by atoms with Crippen molar-refractivity contribution in [3.05, 3.63) is 54.6 Å². The summed E-state index contributed by atoms with van der Waals surface area (Å²) >= 11 is 0. The summed E-state index contributed by atoms with van der Waals surface area (Å²) in [4.78, 5) is 0. The Labute approximate surface area is 122 Å². The average Bonchev–Trinajstić information content (AvgIpc) is 2.42. The summed E-state index contributed by atoms with van der Waals surface area (Å²) in [6.45, 7) is 6.70. The summed E-state index contributed by atoms with van der Waals surface area (Å²) in [5.41, 5.74) is 3.53. The van der Waals surface area contributed by atoms with E-state index >= 15 is 0 Å². The molecular weight excluding hydrogens is 244 g/mol. The molecule has 2 rings (SSSR count). The number of hydrogen-bond acceptors (Lipinski definition) is 2. The maximum atomic E-state index is 3.58. The van der Waals surface area contributed by atoms with Crippen LogP contribution in [0.25, 0.3) is 0 Å². The van der Waals surface area contributed by atoms with Crippen LogP contribution in [0.5, 0.6) is 0 Å². The van der Waals surface area contributed by atoms with Gasteiger partial charge in [0.05, 0.1) is 0 Å². The molecule has 0 aromatic heterocycles. The maximum absolute atomic E-state index is 3.58. The molecule has 0 spiro atoms. The predicted molar refractivity (Wildman–Crippen MR) is 88.8 cm³/mol. The van der Waals surface area contributed by atoms with Gasteiger partial charge in [-0.2, -0.15) is 0 Å².